The molecule has 0 heterocycles. The molecule has 0 radical (unpaired) electrons. The van der Waals surface area contributed by atoms with Gasteiger partial charge in [-0.2, -0.15) is 10.5 Å². The molecule has 0 aliphatic heterocycles. The van der Waals surface area contributed by atoms with Crippen molar-refractivity contribution in [3.8, 4) is 12.1 Å². The van der Waals surface area contributed by atoms with Gasteiger partial charge in [-0.15, -0.1) is 0 Å². The molecule has 100 valence electrons. The van der Waals surface area contributed by atoms with Crippen LogP contribution >= 0.6 is 0 Å². The molecule has 2 aromatic carbocycles. The van der Waals surface area contributed by atoms with Crippen molar-refractivity contribution in [2.75, 3.05) is 0 Å². The summed E-state index contributed by atoms with van der Waals surface area (Å²) in [6, 6.07) is 22.5. The number of hydrogen-bond acceptors (Lipinski definition) is 2. The highest BCUT2D eigenvalue weighted by molar-refractivity contribution is 5.81. The molecule has 0 amide bonds. The van der Waals surface area contributed by atoms with Gasteiger partial charge in [-0.1, -0.05) is 60.7 Å². The number of nitrogens with zero attached hydrogens (tertiary/aromatic N) is 2. The second-order valence-electron chi connectivity index (χ2n) is 5.24. The Bertz CT molecular complexity index is 760. The summed E-state index contributed by atoms with van der Waals surface area (Å²) in [5, 5.41) is 19.0. The number of benzene rings is 2. The van der Waals surface area contributed by atoms with Gasteiger partial charge in [0.2, 0.25) is 0 Å². The summed E-state index contributed by atoms with van der Waals surface area (Å²) < 4.78 is 0. The molecule has 0 saturated heterocycles. The molecular weight excluding hydrogens is 256 g/mol. The standard InChI is InChI=1S/C19H14N2/c20-12-16-11-15(10-14-6-2-1-3-7-14)19(13-21)18-9-5-4-8-17(16)18/h1-9,11,15,19H,10H2/t15-,19+/m1/s1. The normalized spacial score (nSPS) is 19.8. The van der Waals surface area contributed by atoms with Gasteiger partial charge >= 0.3 is 0 Å². The van der Waals surface area contributed by atoms with E-state index < -0.39 is 0 Å². The first-order valence-electron chi connectivity index (χ1n) is 6.98. The SMILES string of the molecule is N#CC1=C[C@@H](Cc2ccccc2)[C@H](C#N)c2ccccc21. The summed E-state index contributed by atoms with van der Waals surface area (Å²) in [6.07, 6.45) is 2.74. The Labute approximate surface area is 124 Å². The van der Waals surface area contributed by atoms with Gasteiger partial charge in [0.15, 0.2) is 0 Å². The molecule has 0 bridgehead atoms. The van der Waals surface area contributed by atoms with E-state index in [1.54, 1.807) is 0 Å². The van der Waals surface area contributed by atoms with Crippen LogP contribution < -0.4 is 0 Å². The average Bonchev–Trinajstić information content (AvgIpc) is 2.55. The van der Waals surface area contributed by atoms with Crippen molar-refractivity contribution >= 4 is 5.57 Å². The van der Waals surface area contributed by atoms with Crippen molar-refractivity contribution < 1.29 is 0 Å². The van der Waals surface area contributed by atoms with Crippen molar-refractivity contribution in [3.05, 3.63) is 77.4 Å². The quantitative estimate of drug-likeness (QED) is 0.825. The predicted molar refractivity (Wildman–Crippen MR) is 82.0 cm³/mol. The minimum Gasteiger partial charge on any atom is -0.198 e. The van der Waals surface area contributed by atoms with Crippen LogP contribution in [0, 0.1) is 28.6 Å². The maximum atomic E-state index is 9.58. The molecule has 1 aliphatic carbocycles. The van der Waals surface area contributed by atoms with Crippen LogP contribution in [0.3, 0.4) is 0 Å². The fourth-order valence-corrected chi connectivity index (χ4v) is 2.97. The van der Waals surface area contributed by atoms with Gasteiger partial charge < -0.3 is 0 Å². The summed E-state index contributed by atoms with van der Waals surface area (Å²) in [7, 11) is 0. The monoisotopic (exact) mass is 270 g/mol. The first kappa shape index (κ1) is 13.2. The Morgan fingerprint density at radius 2 is 1.62 bits per heavy atom. The highest BCUT2D eigenvalue weighted by Gasteiger charge is 2.29. The lowest BCUT2D eigenvalue weighted by Crippen LogP contribution is -2.18. The number of rotatable bonds is 2. The van der Waals surface area contributed by atoms with Crippen LogP contribution in [0.25, 0.3) is 5.57 Å². The van der Waals surface area contributed by atoms with Crippen molar-refractivity contribution in [2.24, 2.45) is 5.92 Å². The van der Waals surface area contributed by atoms with E-state index in [0.717, 1.165) is 17.5 Å². The second-order valence-corrected chi connectivity index (χ2v) is 5.24. The molecule has 2 nitrogen and oxygen atoms in total. The van der Waals surface area contributed by atoms with Gasteiger partial charge in [-0.3, -0.25) is 0 Å². The average molecular weight is 270 g/mol. The lowest BCUT2D eigenvalue weighted by Gasteiger charge is -2.26. The Morgan fingerprint density at radius 1 is 0.905 bits per heavy atom. The number of fused-ring (bicyclic) bond motifs is 1. The summed E-state index contributed by atoms with van der Waals surface area (Å²) >= 11 is 0. The number of nitriles is 2. The third-order valence-electron chi connectivity index (χ3n) is 3.97. The van der Waals surface area contributed by atoms with E-state index >= 15 is 0 Å². The van der Waals surface area contributed by atoms with Crippen molar-refractivity contribution in [2.45, 2.75) is 12.3 Å². The summed E-state index contributed by atoms with van der Waals surface area (Å²) in [5.74, 6) is -0.152. The van der Waals surface area contributed by atoms with Crippen LogP contribution in [0.2, 0.25) is 0 Å². The van der Waals surface area contributed by atoms with Crippen LogP contribution in [0.4, 0.5) is 0 Å². The molecule has 3 rings (SSSR count). The lowest BCUT2D eigenvalue weighted by molar-refractivity contribution is 0.582. The third kappa shape index (κ3) is 2.45. The van der Waals surface area contributed by atoms with E-state index in [2.05, 4.69) is 24.3 Å². The van der Waals surface area contributed by atoms with Crippen molar-refractivity contribution in [3.63, 3.8) is 0 Å². The largest absolute Gasteiger partial charge is 0.198 e. The number of allylic oxidation sites excluding steroid dienone is 2. The lowest BCUT2D eigenvalue weighted by atomic mass is 9.75. The van der Waals surface area contributed by atoms with Gasteiger partial charge in [0.05, 0.1) is 23.6 Å². The van der Waals surface area contributed by atoms with Gasteiger partial charge in [0, 0.05) is 5.92 Å². The highest BCUT2D eigenvalue weighted by Crippen LogP contribution is 2.39. The molecule has 1 aliphatic rings. The molecule has 0 fully saturated rings. The molecule has 2 aromatic rings. The van der Waals surface area contributed by atoms with Crippen LogP contribution in [0.1, 0.15) is 22.6 Å². The van der Waals surface area contributed by atoms with Crippen LogP contribution in [-0.2, 0) is 6.42 Å². The minimum absolute atomic E-state index is 0.0435. The molecule has 0 aromatic heterocycles. The van der Waals surface area contributed by atoms with Gasteiger partial charge in [0.25, 0.3) is 0 Å². The Hall–Kier alpha value is -2.84. The molecule has 0 unspecified atom stereocenters. The Balaban J connectivity index is 2.03. The van der Waals surface area contributed by atoms with E-state index in [1.165, 1.54) is 5.56 Å². The molecular formula is C19H14N2. The molecule has 0 spiro atoms. The summed E-state index contributed by atoms with van der Waals surface area (Å²) in [4.78, 5) is 0. The molecule has 21 heavy (non-hydrogen) atoms. The van der Waals surface area contributed by atoms with Crippen molar-refractivity contribution in [1.82, 2.24) is 0 Å². The summed E-state index contributed by atoms with van der Waals surface area (Å²) in [5.41, 5.74) is 3.74. The van der Waals surface area contributed by atoms with Crippen molar-refractivity contribution in [1.29, 1.82) is 10.5 Å². The minimum atomic E-state index is -0.196. The van der Waals surface area contributed by atoms with Crippen LogP contribution in [0.5, 0.6) is 0 Å². The maximum absolute atomic E-state index is 9.58. The van der Waals surface area contributed by atoms with E-state index in [9.17, 15) is 10.5 Å². The molecule has 2 heteroatoms. The van der Waals surface area contributed by atoms with E-state index in [4.69, 9.17) is 0 Å². The molecule has 0 saturated carbocycles. The van der Waals surface area contributed by atoms with E-state index in [-0.39, 0.29) is 11.8 Å². The maximum Gasteiger partial charge on any atom is 0.0994 e. The van der Waals surface area contributed by atoms with Gasteiger partial charge in [-0.25, -0.2) is 0 Å². The zero-order valence-electron chi connectivity index (χ0n) is 11.5. The zero-order chi connectivity index (χ0) is 14.7. The second kappa shape index (κ2) is 5.65. The Kier molecular flexibility index (Phi) is 3.54. The van der Waals surface area contributed by atoms with E-state index in [1.807, 2.05) is 48.5 Å². The topological polar surface area (TPSA) is 47.6 Å². The third-order valence-corrected chi connectivity index (χ3v) is 3.97. The smallest absolute Gasteiger partial charge is 0.0994 e. The Morgan fingerprint density at radius 3 is 2.33 bits per heavy atom. The molecule has 0 N–H and O–H groups in total. The fraction of sp³-hybridized carbons (Fsp3) is 0.158. The predicted octanol–water partition coefficient (Wildman–Crippen LogP) is 4.07. The first-order valence-corrected chi connectivity index (χ1v) is 6.98. The zero-order valence-corrected chi connectivity index (χ0v) is 11.5. The van der Waals surface area contributed by atoms with Gasteiger partial charge in [-0.05, 0) is 23.1 Å². The van der Waals surface area contributed by atoms with Gasteiger partial charge in [0.1, 0.15) is 0 Å². The van der Waals surface area contributed by atoms with Crippen LogP contribution in [0.15, 0.2) is 60.7 Å². The first-order chi connectivity index (χ1) is 10.3. The number of hydrogen-bond donors (Lipinski definition) is 0. The van der Waals surface area contributed by atoms with E-state index in [0.29, 0.717) is 5.57 Å². The highest BCUT2D eigenvalue weighted by atomic mass is 14.4. The fourth-order valence-electron chi connectivity index (χ4n) is 2.97. The molecule has 2 atom stereocenters. The summed E-state index contributed by atoms with van der Waals surface area (Å²) in [6.45, 7) is 0. The van der Waals surface area contributed by atoms with Crippen LogP contribution in [-0.4, -0.2) is 0 Å².